The molecule has 0 aliphatic heterocycles. The summed E-state index contributed by atoms with van der Waals surface area (Å²) in [5, 5.41) is 11.8. The van der Waals surface area contributed by atoms with E-state index in [2.05, 4.69) is 5.32 Å². The van der Waals surface area contributed by atoms with Gasteiger partial charge in [0.05, 0.1) is 5.56 Å². The molecule has 0 unspecified atom stereocenters. The third kappa shape index (κ3) is 4.71. The van der Waals surface area contributed by atoms with Crippen LogP contribution in [0.25, 0.3) is 0 Å². The number of ether oxygens (including phenoxy) is 1. The Morgan fingerprint density at radius 2 is 1.95 bits per heavy atom. The molecule has 19 heavy (non-hydrogen) atoms. The van der Waals surface area contributed by atoms with Crippen molar-refractivity contribution in [1.29, 1.82) is 0 Å². The number of carboxylic acids is 1. The van der Waals surface area contributed by atoms with Crippen LogP contribution in [0.3, 0.4) is 0 Å². The van der Waals surface area contributed by atoms with Crippen LogP contribution in [-0.2, 0) is 9.53 Å². The zero-order chi connectivity index (χ0) is 14.3. The first-order valence-corrected chi connectivity index (χ1v) is 6.24. The minimum atomic E-state index is -0.940. The molecule has 1 rings (SSSR count). The van der Waals surface area contributed by atoms with Gasteiger partial charge in [0, 0.05) is 0 Å². The third-order valence-corrected chi connectivity index (χ3v) is 3.00. The van der Waals surface area contributed by atoms with E-state index < -0.39 is 18.0 Å². The van der Waals surface area contributed by atoms with E-state index in [-0.39, 0.29) is 12.6 Å². The van der Waals surface area contributed by atoms with Gasteiger partial charge in [0.25, 0.3) is 0 Å². The average Bonchev–Trinajstić information content (AvgIpc) is 2.43. The number of rotatable bonds is 7. The van der Waals surface area contributed by atoms with Crippen molar-refractivity contribution in [3.05, 3.63) is 35.9 Å². The highest BCUT2D eigenvalue weighted by Crippen LogP contribution is 2.08. The van der Waals surface area contributed by atoms with E-state index in [1.165, 1.54) is 0 Å². The van der Waals surface area contributed by atoms with Crippen molar-refractivity contribution in [3.63, 3.8) is 0 Å². The van der Waals surface area contributed by atoms with Gasteiger partial charge in [0.2, 0.25) is 0 Å². The topological polar surface area (TPSA) is 75.6 Å². The summed E-state index contributed by atoms with van der Waals surface area (Å²) in [5.41, 5.74) is 0.444. The van der Waals surface area contributed by atoms with Gasteiger partial charge in [-0.2, -0.15) is 0 Å². The van der Waals surface area contributed by atoms with Gasteiger partial charge in [-0.25, -0.2) is 4.79 Å². The van der Waals surface area contributed by atoms with Gasteiger partial charge in [-0.15, -0.1) is 0 Å². The number of nitrogens with one attached hydrogen (secondary N) is 1. The summed E-state index contributed by atoms with van der Waals surface area (Å²) in [6.45, 7) is 3.64. The van der Waals surface area contributed by atoms with Gasteiger partial charge < -0.3 is 9.84 Å². The van der Waals surface area contributed by atoms with Gasteiger partial charge in [-0.05, 0) is 18.1 Å². The molecule has 0 aliphatic carbocycles. The Morgan fingerprint density at radius 3 is 2.47 bits per heavy atom. The molecule has 5 heteroatoms. The van der Waals surface area contributed by atoms with Crippen molar-refractivity contribution in [1.82, 2.24) is 5.32 Å². The number of aliphatic carboxylic acids is 1. The van der Waals surface area contributed by atoms with E-state index in [0.29, 0.717) is 5.56 Å². The monoisotopic (exact) mass is 265 g/mol. The molecule has 0 spiro atoms. The number of carbonyl (C=O) groups is 2. The highest BCUT2D eigenvalue weighted by atomic mass is 16.5. The fourth-order valence-corrected chi connectivity index (χ4v) is 1.62. The molecule has 0 heterocycles. The number of carbonyl (C=O) groups excluding carboxylic acids is 1. The number of benzene rings is 1. The molecule has 2 N–H and O–H groups in total. The molecule has 0 amide bonds. The van der Waals surface area contributed by atoms with Crippen LogP contribution in [0.2, 0.25) is 0 Å². The maximum Gasteiger partial charge on any atom is 0.339 e. The van der Waals surface area contributed by atoms with Crippen LogP contribution in [-0.4, -0.2) is 29.8 Å². The second-order valence-corrected chi connectivity index (χ2v) is 4.35. The Morgan fingerprint density at radius 1 is 1.32 bits per heavy atom. The molecule has 0 aliphatic rings. The van der Waals surface area contributed by atoms with Gasteiger partial charge >= 0.3 is 11.9 Å². The Bertz CT molecular complexity index is 419. The highest BCUT2D eigenvalue weighted by Gasteiger charge is 2.23. The predicted octanol–water partition coefficient (Wildman–Crippen LogP) is 1.89. The van der Waals surface area contributed by atoms with E-state index in [1.54, 1.807) is 30.3 Å². The summed E-state index contributed by atoms with van der Waals surface area (Å²) < 4.78 is 4.99. The Balaban J connectivity index is 2.44. The molecule has 2 atom stereocenters. The van der Waals surface area contributed by atoms with Crippen molar-refractivity contribution in [2.45, 2.75) is 26.3 Å². The van der Waals surface area contributed by atoms with E-state index in [4.69, 9.17) is 9.84 Å². The van der Waals surface area contributed by atoms with Crippen molar-refractivity contribution in [2.24, 2.45) is 5.92 Å². The highest BCUT2D eigenvalue weighted by molar-refractivity contribution is 5.89. The second kappa shape index (κ2) is 7.53. The lowest BCUT2D eigenvalue weighted by atomic mass is 10.00. The molecule has 0 fully saturated rings. The molecule has 104 valence electrons. The van der Waals surface area contributed by atoms with Gasteiger partial charge in [-0.3, -0.25) is 10.1 Å². The molecule has 0 saturated carbocycles. The zero-order valence-electron chi connectivity index (χ0n) is 11.1. The summed E-state index contributed by atoms with van der Waals surface area (Å²) in [4.78, 5) is 22.7. The normalized spacial score (nSPS) is 13.6. The fourth-order valence-electron chi connectivity index (χ4n) is 1.62. The average molecular weight is 265 g/mol. The lowest BCUT2D eigenvalue weighted by molar-refractivity contribution is -0.141. The third-order valence-electron chi connectivity index (χ3n) is 3.00. The molecular weight excluding hydrogens is 246 g/mol. The van der Waals surface area contributed by atoms with Gasteiger partial charge in [0.1, 0.15) is 12.8 Å². The van der Waals surface area contributed by atoms with Crippen molar-refractivity contribution in [3.8, 4) is 0 Å². The van der Waals surface area contributed by atoms with E-state index in [9.17, 15) is 9.59 Å². The van der Waals surface area contributed by atoms with E-state index in [1.807, 2.05) is 13.8 Å². The second-order valence-electron chi connectivity index (χ2n) is 4.35. The lowest BCUT2D eigenvalue weighted by Crippen LogP contribution is -2.43. The first kappa shape index (κ1) is 15.2. The molecule has 1 aromatic carbocycles. The summed E-state index contributed by atoms with van der Waals surface area (Å²) >= 11 is 0. The first-order valence-electron chi connectivity index (χ1n) is 6.24. The van der Waals surface area contributed by atoms with E-state index in [0.717, 1.165) is 6.42 Å². The Kier molecular flexibility index (Phi) is 6.02. The van der Waals surface area contributed by atoms with Crippen LogP contribution >= 0.6 is 0 Å². The van der Waals surface area contributed by atoms with Crippen LogP contribution in [0.15, 0.2) is 30.3 Å². The van der Waals surface area contributed by atoms with Crippen molar-refractivity contribution < 1.29 is 19.4 Å². The molecule has 0 bridgehead atoms. The Hall–Kier alpha value is -1.88. The van der Waals surface area contributed by atoms with Gasteiger partial charge in [-0.1, -0.05) is 38.5 Å². The molecule has 1 aromatic rings. The summed E-state index contributed by atoms with van der Waals surface area (Å²) in [7, 11) is 0. The Labute approximate surface area is 112 Å². The molecule has 0 saturated heterocycles. The summed E-state index contributed by atoms with van der Waals surface area (Å²) in [6, 6.07) is 7.86. The molecule has 5 nitrogen and oxygen atoms in total. The zero-order valence-corrected chi connectivity index (χ0v) is 11.1. The van der Waals surface area contributed by atoms with Crippen LogP contribution in [0.4, 0.5) is 0 Å². The molecular formula is C14H19NO4. The standard InChI is InChI=1S/C14H19NO4/c1-3-10(2)12(13(16)17)15-9-19-14(18)11-7-5-4-6-8-11/h4-8,10,12,15H,3,9H2,1-2H3,(H,16,17)/t10-,12+/m1/s1. The lowest BCUT2D eigenvalue weighted by Gasteiger charge is -2.19. The number of carboxylic acid groups (broad SMARTS) is 1. The minimum absolute atomic E-state index is 0.0343. The summed E-state index contributed by atoms with van der Waals surface area (Å²) in [6.07, 6.45) is 0.733. The molecule has 0 radical (unpaired) electrons. The van der Waals surface area contributed by atoms with Crippen molar-refractivity contribution >= 4 is 11.9 Å². The number of hydrogen-bond donors (Lipinski definition) is 2. The van der Waals surface area contributed by atoms with E-state index >= 15 is 0 Å². The smallest absolute Gasteiger partial charge is 0.339 e. The maximum absolute atomic E-state index is 11.6. The maximum atomic E-state index is 11.6. The van der Waals surface area contributed by atoms with Crippen LogP contribution in [0, 0.1) is 5.92 Å². The van der Waals surface area contributed by atoms with Crippen molar-refractivity contribution in [2.75, 3.05) is 6.73 Å². The number of esters is 1. The molecule has 0 aromatic heterocycles. The quantitative estimate of drug-likeness (QED) is 0.581. The SMILES string of the molecule is CC[C@@H](C)[C@H](NCOC(=O)c1ccccc1)C(=O)O. The fraction of sp³-hybridized carbons (Fsp3) is 0.429. The van der Waals surface area contributed by atoms with Gasteiger partial charge in [0.15, 0.2) is 0 Å². The predicted molar refractivity (Wildman–Crippen MR) is 70.7 cm³/mol. The minimum Gasteiger partial charge on any atom is -0.480 e. The number of hydrogen-bond acceptors (Lipinski definition) is 4. The summed E-state index contributed by atoms with van der Waals surface area (Å²) in [5.74, 6) is -1.44. The van der Waals surface area contributed by atoms with Crippen LogP contribution in [0.1, 0.15) is 30.6 Å². The van der Waals surface area contributed by atoms with Crippen LogP contribution in [0.5, 0.6) is 0 Å². The largest absolute Gasteiger partial charge is 0.480 e. The van der Waals surface area contributed by atoms with Crippen LogP contribution < -0.4 is 5.32 Å². The first-order chi connectivity index (χ1) is 9.06.